The maximum absolute atomic E-state index is 8.75. The second-order valence-electron chi connectivity index (χ2n) is 3.74. The molecule has 0 heterocycles. The molecular formula is C12H26O3. The van der Waals surface area contributed by atoms with Crippen LogP contribution in [0.4, 0.5) is 0 Å². The Labute approximate surface area is 93.8 Å². The third-order valence-corrected chi connectivity index (χ3v) is 2.20. The van der Waals surface area contributed by atoms with Crippen molar-refractivity contribution < 1.29 is 14.6 Å². The highest BCUT2D eigenvalue weighted by Gasteiger charge is 2.08. The van der Waals surface area contributed by atoms with Gasteiger partial charge in [0.25, 0.3) is 0 Å². The second-order valence-corrected chi connectivity index (χ2v) is 3.74. The van der Waals surface area contributed by atoms with E-state index in [2.05, 4.69) is 13.8 Å². The summed E-state index contributed by atoms with van der Waals surface area (Å²) in [5, 5.41) is 8.75. The molecule has 0 aromatic carbocycles. The minimum atomic E-state index is -0.116. The normalized spacial score (nSPS) is 11.2. The summed E-state index contributed by atoms with van der Waals surface area (Å²) in [5.74, 6) is 0. The zero-order chi connectivity index (χ0) is 11.4. The van der Waals surface area contributed by atoms with Crippen LogP contribution < -0.4 is 0 Å². The number of ether oxygens (including phenoxy) is 2. The topological polar surface area (TPSA) is 38.7 Å². The molecule has 0 fully saturated rings. The second kappa shape index (κ2) is 12.0. The predicted molar refractivity (Wildman–Crippen MR) is 61.8 cm³/mol. The number of aliphatic hydroxyl groups excluding tert-OH is 1. The molecule has 0 amide bonds. The Morgan fingerprint density at radius 3 is 1.87 bits per heavy atom. The van der Waals surface area contributed by atoms with Crippen molar-refractivity contribution in [2.45, 2.75) is 58.7 Å². The Hall–Kier alpha value is -0.120. The molecule has 3 heteroatoms. The van der Waals surface area contributed by atoms with Crippen molar-refractivity contribution in [3.05, 3.63) is 0 Å². The number of aliphatic hydroxyl groups is 1. The van der Waals surface area contributed by atoms with Crippen LogP contribution in [0, 0.1) is 0 Å². The van der Waals surface area contributed by atoms with Crippen LogP contribution in [0.1, 0.15) is 52.4 Å². The Kier molecular flexibility index (Phi) is 11.9. The number of hydrogen-bond donors (Lipinski definition) is 1. The van der Waals surface area contributed by atoms with Gasteiger partial charge < -0.3 is 14.6 Å². The largest absolute Gasteiger partial charge is 0.396 e. The van der Waals surface area contributed by atoms with E-state index in [0.29, 0.717) is 0 Å². The molecule has 0 aromatic rings. The molecule has 0 aliphatic rings. The Morgan fingerprint density at radius 1 is 0.933 bits per heavy atom. The molecule has 1 N–H and O–H groups in total. The Balaban J connectivity index is 3.53. The van der Waals surface area contributed by atoms with Gasteiger partial charge in [0.2, 0.25) is 0 Å². The molecule has 3 nitrogen and oxygen atoms in total. The van der Waals surface area contributed by atoms with E-state index in [-0.39, 0.29) is 12.9 Å². The lowest BCUT2D eigenvalue weighted by atomic mass is 10.3. The fourth-order valence-electron chi connectivity index (χ4n) is 1.19. The molecule has 0 saturated heterocycles. The standard InChI is InChI=1S/C12H26O3/c1-3-5-10-14-12(8-7-9-13)15-11-6-4-2/h12-13H,3-11H2,1-2H3. The van der Waals surface area contributed by atoms with E-state index in [1.807, 2.05) is 0 Å². The van der Waals surface area contributed by atoms with Gasteiger partial charge in [0, 0.05) is 26.2 Å². The van der Waals surface area contributed by atoms with Crippen LogP contribution in [0.3, 0.4) is 0 Å². The van der Waals surface area contributed by atoms with E-state index in [1.165, 1.54) is 0 Å². The summed E-state index contributed by atoms with van der Waals surface area (Å²) in [5.41, 5.74) is 0. The summed E-state index contributed by atoms with van der Waals surface area (Å²) < 4.78 is 11.2. The highest BCUT2D eigenvalue weighted by atomic mass is 16.7. The molecule has 0 atom stereocenters. The molecule has 0 bridgehead atoms. The van der Waals surface area contributed by atoms with Gasteiger partial charge in [0.15, 0.2) is 6.29 Å². The minimum absolute atomic E-state index is 0.116. The van der Waals surface area contributed by atoms with E-state index < -0.39 is 0 Å². The highest BCUT2D eigenvalue weighted by molar-refractivity contribution is 4.47. The molecule has 0 radical (unpaired) electrons. The average molecular weight is 218 g/mol. The summed E-state index contributed by atoms with van der Waals surface area (Å²) in [6, 6.07) is 0. The van der Waals surface area contributed by atoms with Crippen molar-refractivity contribution >= 4 is 0 Å². The molecule has 0 spiro atoms. The maximum atomic E-state index is 8.75. The Bertz CT molecular complexity index is 107. The number of rotatable bonds is 11. The highest BCUT2D eigenvalue weighted by Crippen LogP contribution is 2.06. The summed E-state index contributed by atoms with van der Waals surface area (Å²) in [7, 11) is 0. The van der Waals surface area contributed by atoms with Crippen molar-refractivity contribution in [1.29, 1.82) is 0 Å². The molecule has 0 unspecified atom stereocenters. The lowest BCUT2D eigenvalue weighted by Gasteiger charge is -2.18. The van der Waals surface area contributed by atoms with Gasteiger partial charge in [-0.05, 0) is 19.3 Å². The SMILES string of the molecule is CCCCOC(CCCO)OCCCC. The third kappa shape index (κ3) is 10.2. The third-order valence-electron chi connectivity index (χ3n) is 2.20. The molecule has 0 aromatic heterocycles. The molecule has 92 valence electrons. The summed E-state index contributed by atoms with van der Waals surface area (Å²) >= 11 is 0. The van der Waals surface area contributed by atoms with E-state index >= 15 is 0 Å². The molecule has 0 saturated carbocycles. The molecule has 0 rings (SSSR count). The van der Waals surface area contributed by atoms with Gasteiger partial charge in [0.05, 0.1) is 0 Å². The summed E-state index contributed by atoms with van der Waals surface area (Å²) in [6.07, 6.45) is 5.87. The van der Waals surface area contributed by atoms with Gasteiger partial charge in [0.1, 0.15) is 0 Å². The van der Waals surface area contributed by atoms with Crippen LogP contribution in [-0.2, 0) is 9.47 Å². The molecule has 0 aliphatic carbocycles. The summed E-state index contributed by atoms with van der Waals surface area (Å²) in [6.45, 7) is 6.02. The van der Waals surface area contributed by atoms with Crippen molar-refractivity contribution in [2.24, 2.45) is 0 Å². The van der Waals surface area contributed by atoms with Crippen molar-refractivity contribution in [3.8, 4) is 0 Å². The van der Waals surface area contributed by atoms with Gasteiger partial charge in [-0.2, -0.15) is 0 Å². The predicted octanol–water partition coefficient (Wildman–Crippen LogP) is 2.72. The van der Waals surface area contributed by atoms with Crippen LogP contribution >= 0.6 is 0 Å². The lowest BCUT2D eigenvalue weighted by Crippen LogP contribution is -2.19. The van der Waals surface area contributed by atoms with Crippen molar-refractivity contribution in [3.63, 3.8) is 0 Å². The van der Waals surface area contributed by atoms with E-state index in [0.717, 1.165) is 51.7 Å². The van der Waals surface area contributed by atoms with Gasteiger partial charge in [-0.3, -0.25) is 0 Å². The van der Waals surface area contributed by atoms with E-state index in [9.17, 15) is 0 Å². The monoisotopic (exact) mass is 218 g/mol. The first-order chi connectivity index (χ1) is 7.35. The van der Waals surface area contributed by atoms with Crippen LogP contribution in [-0.4, -0.2) is 31.2 Å². The van der Waals surface area contributed by atoms with Crippen molar-refractivity contribution in [1.82, 2.24) is 0 Å². The summed E-state index contributed by atoms with van der Waals surface area (Å²) in [4.78, 5) is 0. The zero-order valence-corrected chi connectivity index (χ0v) is 10.2. The fraction of sp³-hybridized carbons (Fsp3) is 1.00. The molecular weight excluding hydrogens is 192 g/mol. The zero-order valence-electron chi connectivity index (χ0n) is 10.2. The number of unbranched alkanes of at least 4 members (excludes halogenated alkanes) is 2. The van der Waals surface area contributed by atoms with Crippen LogP contribution in [0.15, 0.2) is 0 Å². The average Bonchev–Trinajstić information content (AvgIpc) is 2.25. The fourth-order valence-corrected chi connectivity index (χ4v) is 1.19. The molecule has 15 heavy (non-hydrogen) atoms. The first-order valence-electron chi connectivity index (χ1n) is 6.19. The van der Waals surface area contributed by atoms with Gasteiger partial charge >= 0.3 is 0 Å². The minimum Gasteiger partial charge on any atom is -0.396 e. The van der Waals surface area contributed by atoms with Crippen LogP contribution in [0.25, 0.3) is 0 Å². The Morgan fingerprint density at radius 2 is 1.47 bits per heavy atom. The first kappa shape index (κ1) is 14.9. The quantitative estimate of drug-likeness (QED) is 0.428. The first-order valence-corrected chi connectivity index (χ1v) is 6.19. The van der Waals surface area contributed by atoms with Gasteiger partial charge in [-0.15, -0.1) is 0 Å². The van der Waals surface area contributed by atoms with Gasteiger partial charge in [-0.1, -0.05) is 26.7 Å². The van der Waals surface area contributed by atoms with E-state index in [4.69, 9.17) is 14.6 Å². The maximum Gasteiger partial charge on any atom is 0.157 e. The van der Waals surface area contributed by atoms with Crippen LogP contribution in [0.2, 0.25) is 0 Å². The molecule has 0 aliphatic heterocycles. The van der Waals surface area contributed by atoms with Crippen LogP contribution in [0.5, 0.6) is 0 Å². The smallest absolute Gasteiger partial charge is 0.157 e. The van der Waals surface area contributed by atoms with Gasteiger partial charge in [-0.25, -0.2) is 0 Å². The number of hydrogen-bond acceptors (Lipinski definition) is 3. The van der Waals surface area contributed by atoms with E-state index in [1.54, 1.807) is 0 Å². The lowest BCUT2D eigenvalue weighted by molar-refractivity contribution is -0.148. The van der Waals surface area contributed by atoms with Crippen molar-refractivity contribution in [2.75, 3.05) is 19.8 Å².